The van der Waals surface area contributed by atoms with Gasteiger partial charge in [0.15, 0.2) is 0 Å². The molecule has 0 aliphatic heterocycles. The maximum Gasteiger partial charge on any atom is 0.135 e. The lowest BCUT2D eigenvalue weighted by Crippen LogP contribution is -2.01. The van der Waals surface area contributed by atoms with E-state index in [-0.39, 0.29) is 0 Å². The zero-order valence-electron chi connectivity index (χ0n) is 28.1. The van der Waals surface area contributed by atoms with Crippen LogP contribution in [0.4, 0.5) is 0 Å². The molecule has 0 saturated heterocycles. The molecule has 0 amide bonds. The van der Waals surface area contributed by atoms with Crippen molar-refractivity contribution in [2.75, 3.05) is 0 Å². The summed E-state index contributed by atoms with van der Waals surface area (Å²) in [6.45, 7) is 0. The predicted molar refractivity (Wildman–Crippen MR) is 198 cm³/mol. The van der Waals surface area contributed by atoms with Gasteiger partial charge in [0.2, 0.25) is 0 Å². The van der Waals surface area contributed by atoms with Gasteiger partial charge in [-0.15, -0.1) is 0 Å². The number of aromatic nitrogens is 9. The van der Waals surface area contributed by atoms with E-state index in [0.29, 0.717) is 0 Å². The third-order valence-electron chi connectivity index (χ3n) is 9.03. The summed E-state index contributed by atoms with van der Waals surface area (Å²) in [7, 11) is 12.3. The van der Waals surface area contributed by atoms with Crippen molar-refractivity contribution in [3.8, 4) is 0 Å². The van der Waals surface area contributed by atoms with Gasteiger partial charge in [0.1, 0.15) is 33.9 Å². The second-order valence-corrected chi connectivity index (χ2v) is 12.0. The van der Waals surface area contributed by atoms with Crippen LogP contribution in [0.1, 0.15) is 0 Å². The van der Waals surface area contributed by atoms with Gasteiger partial charge in [0.05, 0.1) is 0 Å². The molecular formula is C39H39N9. The summed E-state index contributed by atoms with van der Waals surface area (Å²) in [5.74, 6) is 0. The lowest BCUT2D eigenvalue weighted by atomic mass is 10.3. The molecule has 0 radical (unpaired) electrons. The van der Waals surface area contributed by atoms with Crippen LogP contribution in [0.2, 0.25) is 0 Å². The minimum Gasteiger partial charge on any atom is -0.329 e. The highest BCUT2D eigenvalue weighted by molar-refractivity contribution is 5.69. The molecule has 9 heteroatoms. The zero-order chi connectivity index (χ0) is 33.4. The molecule has 0 saturated carbocycles. The third-order valence-corrected chi connectivity index (χ3v) is 9.03. The first-order valence-corrected chi connectivity index (χ1v) is 15.9. The van der Waals surface area contributed by atoms with Crippen LogP contribution in [0.15, 0.2) is 127 Å². The Morgan fingerprint density at radius 3 is 0.625 bits per heavy atom. The van der Waals surface area contributed by atoms with Crippen LogP contribution in [0.3, 0.4) is 0 Å². The van der Waals surface area contributed by atoms with Crippen molar-refractivity contribution >= 4 is 67.0 Å². The molecule has 0 aliphatic carbocycles. The Bertz CT molecular complexity index is 2030. The standard InChI is InChI=1S/C39H39N9/c1-43-28-13-7-14-29(25-28)44(2)36-21-11-22-37(41-36)47(5)32-17-9-18-33(27-32)48(6)39-24-12-23-38(42-39)46(4)31-16-8-15-30(26-31)45(3)35-20-10-19-34(43)40-35/h7-27H,1-6H3. The molecule has 240 valence electrons. The molecule has 0 aliphatic rings. The molecule has 48 heavy (non-hydrogen) atoms. The summed E-state index contributed by atoms with van der Waals surface area (Å²) in [5.41, 5.74) is 11.2. The van der Waals surface area contributed by atoms with Gasteiger partial charge >= 0.3 is 0 Å². The summed E-state index contributed by atoms with van der Waals surface area (Å²) in [6.07, 6.45) is 0. The van der Waals surface area contributed by atoms with Crippen molar-refractivity contribution in [1.82, 2.24) is 42.4 Å². The van der Waals surface area contributed by atoms with Gasteiger partial charge in [0, 0.05) is 75.4 Å². The maximum absolute atomic E-state index is 5.07. The number of rotatable bonds is 0. The number of hydrogen-bond acceptors (Lipinski definition) is 3. The molecule has 12 bridgehead atoms. The van der Waals surface area contributed by atoms with E-state index >= 15 is 0 Å². The minimum atomic E-state index is 0.844. The normalized spacial score (nSPS) is 11.1. The van der Waals surface area contributed by atoms with Crippen LogP contribution in [-0.2, 0) is 42.3 Å². The highest BCUT2D eigenvalue weighted by Gasteiger charge is 2.01. The van der Waals surface area contributed by atoms with E-state index in [1.54, 1.807) is 0 Å². The summed E-state index contributed by atoms with van der Waals surface area (Å²) < 4.78 is 12.7. The number of fused-ring (bicyclic) bond motifs is 12. The quantitative estimate of drug-likeness (QED) is 0.171. The van der Waals surface area contributed by atoms with Crippen LogP contribution in [-0.4, -0.2) is 42.4 Å². The monoisotopic (exact) mass is 633 g/mol. The molecule has 9 nitrogen and oxygen atoms in total. The summed E-state index contributed by atoms with van der Waals surface area (Å²) in [5, 5.41) is 0. The predicted octanol–water partition coefficient (Wildman–Crippen LogP) is 7.88. The SMILES string of the molecule is Cn1c2cccc(c2)n(C)c2cccc(n2)n(C)c2cccc(c2)n(C)c2cccc(n2)n(C)c2cccc(c2)n(C)c2cccc1n2. The Balaban J connectivity index is 1.65. The second-order valence-electron chi connectivity index (χ2n) is 12.0. The van der Waals surface area contributed by atoms with E-state index in [1.165, 1.54) is 0 Å². The van der Waals surface area contributed by atoms with Crippen LogP contribution in [0.5, 0.6) is 0 Å². The van der Waals surface area contributed by atoms with Crippen molar-refractivity contribution in [3.63, 3.8) is 0 Å². The summed E-state index contributed by atoms with van der Waals surface area (Å²) in [4.78, 5) is 15.2. The maximum atomic E-state index is 5.07. The molecule has 0 atom stereocenters. The largest absolute Gasteiger partial charge is 0.329 e. The first-order valence-electron chi connectivity index (χ1n) is 15.9. The highest BCUT2D eigenvalue weighted by atomic mass is 15.1. The van der Waals surface area contributed by atoms with Crippen LogP contribution < -0.4 is 0 Å². The Kier molecular flexibility index (Phi) is 8.02. The molecule has 0 N–H and O–H groups in total. The van der Waals surface area contributed by atoms with Gasteiger partial charge in [0.25, 0.3) is 0 Å². The second kappa shape index (κ2) is 12.6. The number of benzene rings is 3. The van der Waals surface area contributed by atoms with Crippen molar-refractivity contribution in [3.05, 3.63) is 127 Å². The van der Waals surface area contributed by atoms with Crippen LogP contribution in [0, 0.1) is 0 Å². The van der Waals surface area contributed by atoms with Crippen LogP contribution in [0.25, 0.3) is 67.0 Å². The number of hydrogen-bond donors (Lipinski definition) is 0. The van der Waals surface area contributed by atoms with E-state index in [2.05, 4.69) is 100 Å². The Morgan fingerprint density at radius 1 is 0.271 bits per heavy atom. The molecule has 0 spiro atoms. The van der Waals surface area contributed by atoms with E-state index < -0.39 is 0 Å². The van der Waals surface area contributed by atoms with Crippen LogP contribution >= 0.6 is 0 Å². The molecule has 4 aromatic heterocycles. The Hall–Kier alpha value is -6.09. The fraction of sp³-hybridized carbons (Fsp3) is 0.154. The van der Waals surface area contributed by atoms with Crippen molar-refractivity contribution in [1.29, 1.82) is 0 Å². The summed E-state index contributed by atoms with van der Waals surface area (Å²) >= 11 is 0. The smallest absolute Gasteiger partial charge is 0.135 e. The van der Waals surface area contributed by atoms with E-state index in [0.717, 1.165) is 67.0 Å². The van der Waals surface area contributed by atoms with Gasteiger partial charge in [-0.2, -0.15) is 0 Å². The fourth-order valence-corrected chi connectivity index (χ4v) is 5.88. The molecule has 7 aromatic rings. The molecule has 0 fully saturated rings. The molecular weight excluding hydrogens is 594 g/mol. The van der Waals surface area contributed by atoms with Gasteiger partial charge < -0.3 is 27.4 Å². The highest BCUT2D eigenvalue weighted by Crippen LogP contribution is 2.15. The zero-order valence-corrected chi connectivity index (χ0v) is 28.1. The van der Waals surface area contributed by atoms with Gasteiger partial charge in [-0.1, -0.05) is 36.4 Å². The first-order chi connectivity index (χ1) is 23.3. The van der Waals surface area contributed by atoms with Crippen molar-refractivity contribution in [2.45, 2.75) is 0 Å². The van der Waals surface area contributed by atoms with Crippen molar-refractivity contribution in [2.24, 2.45) is 42.3 Å². The summed E-state index contributed by atoms with van der Waals surface area (Å²) in [6, 6.07) is 43.7. The van der Waals surface area contributed by atoms with Gasteiger partial charge in [-0.25, -0.2) is 15.0 Å². The van der Waals surface area contributed by atoms with E-state index in [1.807, 2.05) is 96.9 Å². The lowest BCUT2D eigenvalue weighted by Gasteiger charge is -2.09. The number of aryl methyl sites for hydroxylation is 6. The third kappa shape index (κ3) is 5.82. The fourth-order valence-electron chi connectivity index (χ4n) is 5.88. The lowest BCUT2D eigenvalue weighted by molar-refractivity contribution is 0.931. The first kappa shape index (κ1) is 30.6. The molecule has 7 rings (SSSR count). The Morgan fingerprint density at radius 2 is 0.438 bits per heavy atom. The molecule has 0 unspecified atom stereocenters. The van der Waals surface area contributed by atoms with E-state index in [4.69, 9.17) is 15.0 Å². The number of nitrogens with zero attached hydrogens (tertiary/aromatic N) is 9. The Labute approximate surface area is 278 Å². The van der Waals surface area contributed by atoms with Gasteiger partial charge in [-0.3, -0.25) is 0 Å². The van der Waals surface area contributed by atoms with E-state index in [9.17, 15) is 0 Å². The average molecular weight is 634 g/mol. The van der Waals surface area contributed by atoms with Gasteiger partial charge in [-0.05, 0) is 91.0 Å². The minimum absolute atomic E-state index is 0.844. The topological polar surface area (TPSA) is 68.2 Å². The molecule has 3 aromatic carbocycles. The molecule has 4 heterocycles. The average Bonchev–Trinajstić information content (AvgIpc) is 3.16. The number of pyridine rings is 3. The van der Waals surface area contributed by atoms with Crippen molar-refractivity contribution < 1.29 is 0 Å².